The van der Waals surface area contributed by atoms with Crippen LogP contribution in [0.3, 0.4) is 0 Å². The summed E-state index contributed by atoms with van der Waals surface area (Å²) in [5.74, 6) is 2.09. The van der Waals surface area contributed by atoms with E-state index in [-0.39, 0.29) is 5.75 Å². The minimum atomic E-state index is 0.119. The summed E-state index contributed by atoms with van der Waals surface area (Å²) in [6.07, 6.45) is 1.95. The zero-order valence-electron chi connectivity index (χ0n) is 14.9. The maximum atomic E-state index is 12.4. The van der Waals surface area contributed by atoms with Crippen LogP contribution in [0, 0.1) is 0 Å². The number of methoxy groups -OCH3 is 1. The standard InChI is InChI=1S/C22H22NO3/c1-25-19-6-4-7-20(15-19)26-23-11-9-16(10-12-23)18-13-17-5-2-3-8-21(17)22(24)14-18/h2-8,13-16H,9-12H2,1H3. The summed E-state index contributed by atoms with van der Waals surface area (Å²) in [6.45, 7) is 1.67. The van der Waals surface area contributed by atoms with Gasteiger partial charge in [-0.25, -0.2) is 0 Å². The minimum absolute atomic E-state index is 0.119. The van der Waals surface area contributed by atoms with Crippen LogP contribution in [0.2, 0.25) is 0 Å². The second-order valence-electron chi connectivity index (χ2n) is 6.71. The first-order valence-electron chi connectivity index (χ1n) is 8.99. The van der Waals surface area contributed by atoms with Gasteiger partial charge in [0.1, 0.15) is 5.75 Å². The first-order valence-corrected chi connectivity index (χ1v) is 8.99. The van der Waals surface area contributed by atoms with Gasteiger partial charge in [0, 0.05) is 24.5 Å². The average molecular weight is 348 g/mol. The average Bonchev–Trinajstić information content (AvgIpc) is 2.69. The van der Waals surface area contributed by atoms with Crippen LogP contribution in [-0.2, 0) is 5.11 Å². The molecule has 1 aliphatic heterocycles. The molecule has 0 aromatic heterocycles. The largest absolute Gasteiger partial charge is 0.497 e. The molecule has 0 bridgehead atoms. The molecule has 1 aliphatic rings. The van der Waals surface area contributed by atoms with Crippen LogP contribution in [0.15, 0.2) is 60.7 Å². The van der Waals surface area contributed by atoms with Crippen molar-refractivity contribution in [1.29, 1.82) is 0 Å². The summed E-state index contributed by atoms with van der Waals surface area (Å²) in [7, 11) is 1.65. The molecular formula is C22H22NO3. The van der Waals surface area contributed by atoms with Gasteiger partial charge in [0.05, 0.1) is 7.11 Å². The Balaban J connectivity index is 1.43. The number of hydrogen-bond donors (Lipinski definition) is 0. The number of piperidine rings is 1. The molecule has 4 nitrogen and oxygen atoms in total. The second kappa shape index (κ2) is 7.26. The first kappa shape index (κ1) is 16.7. The third kappa shape index (κ3) is 3.46. The highest BCUT2D eigenvalue weighted by Gasteiger charge is 2.23. The molecule has 0 atom stereocenters. The lowest BCUT2D eigenvalue weighted by Gasteiger charge is -2.31. The Bertz CT molecular complexity index is 901. The SMILES string of the molecule is COc1cccc(ON2CCC(c3cc([O])c4ccccc4c3)CC2)c1. The molecule has 1 radical (unpaired) electrons. The summed E-state index contributed by atoms with van der Waals surface area (Å²) in [4.78, 5) is 5.97. The van der Waals surface area contributed by atoms with Gasteiger partial charge in [-0.05, 0) is 47.9 Å². The van der Waals surface area contributed by atoms with E-state index in [9.17, 15) is 5.11 Å². The van der Waals surface area contributed by atoms with E-state index in [1.54, 1.807) is 7.11 Å². The molecule has 1 fully saturated rings. The Morgan fingerprint density at radius 3 is 2.50 bits per heavy atom. The van der Waals surface area contributed by atoms with Crippen LogP contribution < -0.4 is 9.57 Å². The van der Waals surface area contributed by atoms with Crippen molar-refractivity contribution in [2.24, 2.45) is 0 Å². The number of benzene rings is 3. The summed E-state index contributed by atoms with van der Waals surface area (Å²) in [5, 5.41) is 16.2. The molecule has 1 saturated heterocycles. The molecule has 0 unspecified atom stereocenters. The fraction of sp³-hybridized carbons (Fsp3) is 0.273. The van der Waals surface area contributed by atoms with E-state index >= 15 is 0 Å². The van der Waals surface area contributed by atoms with E-state index in [1.165, 1.54) is 0 Å². The highest BCUT2D eigenvalue weighted by molar-refractivity contribution is 5.88. The molecule has 0 spiro atoms. The lowest BCUT2D eigenvalue weighted by atomic mass is 9.88. The van der Waals surface area contributed by atoms with Crippen molar-refractivity contribution >= 4 is 10.8 Å². The van der Waals surface area contributed by atoms with E-state index in [2.05, 4.69) is 6.07 Å². The molecule has 26 heavy (non-hydrogen) atoms. The maximum absolute atomic E-state index is 12.4. The van der Waals surface area contributed by atoms with Crippen LogP contribution in [0.25, 0.3) is 10.8 Å². The van der Waals surface area contributed by atoms with Gasteiger partial charge < -0.3 is 9.57 Å². The van der Waals surface area contributed by atoms with Gasteiger partial charge in [0.25, 0.3) is 0 Å². The first-order chi connectivity index (χ1) is 12.7. The van der Waals surface area contributed by atoms with E-state index < -0.39 is 0 Å². The molecule has 0 N–H and O–H groups in total. The minimum Gasteiger partial charge on any atom is -0.497 e. The Morgan fingerprint density at radius 1 is 0.923 bits per heavy atom. The Hall–Kier alpha value is -2.72. The number of hydroxylamine groups is 2. The zero-order chi connectivity index (χ0) is 17.9. The number of nitrogens with zero attached hydrogens (tertiary/aromatic N) is 1. The molecule has 3 aromatic rings. The number of ether oxygens (including phenoxy) is 1. The van der Waals surface area contributed by atoms with Crippen LogP contribution in [0.1, 0.15) is 24.3 Å². The highest BCUT2D eigenvalue weighted by Crippen LogP contribution is 2.35. The van der Waals surface area contributed by atoms with Crippen LogP contribution in [0.5, 0.6) is 17.2 Å². The van der Waals surface area contributed by atoms with Crippen LogP contribution in [-0.4, -0.2) is 25.3 Å². The Kier molecular flexibility index (Phi) is 4.67. The predicted octanol–water partition coefficient (Wildman–Crippen LogP) is 5.17. The van der Waals surface area contributed by atoms with Gasteiger partial charge in [-0.2, -0.15) is 0 Å². The Labute approximate surface area is 153 Å². The lowest BCUT2D eigenvalue weighted by Crippen LogP contribution is -2.35. The second-order valence-corrected chi connectivity index (χ2v) is 6.71. The summed E-state index contributed by atoms with van der Waals surface area (Å²) in [6, 6.07) is 19.4. The van der Waals surface area contributed by atoms with E-state index in [4.69, 9.17) is 9.57 Å². The summed E-state index contributed by atoms with van der Waals surface area (Å²) < 4.78 is 5.24. The topological polar surface area (TPSA) is 41.6 Å². The van der Waals surface area contributed by atoms with Gasteiger partial charge in [-0.15, -0.1) is 5.06 Å². The maximum Gasteiger partial charge on any atom is 0.186 e. The quantitative estimate of drug-likeness (QED) is 0.653. The van der Waals surface area contributed by atoms with Crippen LogP contribution >= 0.6 is 0 Å². The number of hydrogen-bond acceptors (Lipinski definition) is 3. The monoisotopic (exact) mass is 348 g/mol. The zero-order valence-corrected chi connectivity index (χ0v) is 14.9. The molecule has 3 aromatic carbocycles. The van der Waals surface area contributed by atoms with Gasteiger partial charge in [0.2, 0.25) is 0 Å². The molecule has 4 heteroatoms. The van der Waals surface area contributed by atoms with Crippen molar-refractivity contribution in [1.82, 2.24) is 5.06 Å². The molecule has 0 amide bonds. The molecule has 1 heterocycles. The van der Waals surface area contributed by atoms with Crippen molar-refractivity contribution in [3.05, 3.63) is 66.2 Å². The fourth-order valence-electron chi connectivity index (χ4n) is 3.62. The number of rotatable bonds is 4. The van der Waals surface area contributed by atoms with Crippen molar-refractivity contribution in [3.63, 3.8) is 0 Å². The van der Waals surface area contributed by atoms with E-state index in [0.29, 0.717) is 5.92 Å². The van der Waals surface area contributed by atoms with Crippen molar-refractivity contribution in [2.45, 2.75) is 18.8 Å². The van der Waals surface area contributed by atoms with Crippen LogP contribution in [0.4, 0.5) is 0 Å². The van der Waals surface area contributed by atoms with Gasteiger partial charge in [0.15, 0.2) is 11.5 Å². The fourth-order valence-corrected chi connectivity index (χ4v) is 3.62. The lowest BCUT2D eigenvalue weighted by molar-refractivity contribution is -0.0757. The summed E-state index contributed by atoms with van der Waals surface area (Å²) >= 11 is 0. The highest BCUT2D eigenvalue weighted by atomic mass is 16.7. The predicted molar refractivity (Wildman–Crippen MR) is 101 cm³/mol. The smallest absolute Gasteiger partial charge is 0.186 e. The molecule has 4 rings (SSSR count). The molecule has 0 aliphatic carbocycles. The van der Waals surface area contributed by atoms with Crippen molar-refractivity contribution in [2.75, 3.05) is 20.2 Å². The number of fused-ring (bicyclic) bond motifs is 1. The third-order valence-electron chi connectivity index (χ3n) is 5.05. The molecule has 0 saturated carbocycles. The normalized spacial score (nSPS) is 15.9. The van der Waals surface area contributed by atoms with E-state index in [1.807, 2.05) is 59.7 Å². The van der Waals surface area contributed by atoms with E-state index in [0.717, 1.165) is 53.8 Å². The Morgan fingerprint density at radius 2 is 1.69 bits per heavy atom. The van der Waals surface area contributed by atoms with Gasteiger partial charge >= 0.3 is 0 Å². The van der Waals surface area contributed by atoms with Crippen molar-refractivity contribution < 1.29 is 14.7 Å². The molecular weight excluding hydrogens is 326 g/mol. The van der Waals surface area contributed by atoms with Crippen molar-refractivity contribution in [3.8, 4) is 17.2 Å². The molecule has 133 valence electrons. The summed E-state index contributed by atoms with van der Waals surface area (Å²) in [5.41, 5.74) is 1.15. The van der Waals surface area contributed by atoms with Gasteiger partial charge in [-0.1, -0.05) is 36.4 Å². The van der Waals surface area contributed by atoms with Gasteiger partial charge in [-0.3, -0.25) is 5.11 Å². The third-order valence-corrected chi connectivity index (χ3v) is 5.05.